The first-order valence-electron chi connectivity index (χ1n) is 11.5. The van der Waals surface area contributed by atoms with Crippen LogP contribution < -0.4 is 5.32 Å². The quantitative estimate of drug-likeness (QED) is 0.355. The molecule has 35 heavy (non-hydrogen) atoms. The molecular formula is C26H24N6O2S. The van der Waals surface area contributed by atoms with Gasteiger partial charge in [-0.05, 0) is 55.7 Å². The Kier molecular flexibility index (Phi) is 5.21. The van der Waals surface area contributed by atoms with Gasteiger partial charge in [-0.25, -0.2) is 9.97 Å². The minimum atomic E-state index is -0.924. The lowest BCUT2D eigenvalue weighted by Gasteiger charge is -2.21. The number of carbonyl (C=O) groups excluding carboxylic acids is 1. The molecule has 2 aromatic carbocycles. The number of fused-ring (bicyclic) bond motifs is 5. The van der Waals surface area contributed by atoms with E-state index in [4.69, 9.17) is 4.98 Å². The summed E-state index contributed by atoms with van der Waals surface area (Å²) in [5, 5.41) is 12.4. The van der Waals surface area contributed by atoms with Crippen molar-refractivity contribution in [2.45, 2.75) is 32.1 Å². The van der Waals surface area contributed by atoms with Gasteiger partial charge in [0.05, 0.1) is 34.7 Å². The molecule has 0 fully saturated rings. The van der Waals surface area contributed by atoms with E-state index in [1.165, 1.54) is 5.56 Å². The molecule has 1 amide bonds. The van der Waals surface area contributed by atoms with Crippen molar-refractivity contribution in [3.63, 3.8) is 0 Å². The summed E-state index contributed by atoms with van der Waals surface area (Å²) in [5.74, 6) is 1.67. The molecule has 1 aliphatic rings. The van der Waals surface area contributed by atoms with E-state index >= 15 is 0 Å². The summed E-state index contributed by atoms with van der Waals surface area (Å²) >= 11 is 0. The highest BCUT2D eigenvalue weighted by Crippen LogP contribution is 2.37. The SMILES string of the molecule is Cc1cnc(C(C)NC(=O)c2ccc(-c3nc4ccc5[nH]ncc5c4c4c3CS(=O)CC4)cc2)[nH]1. The number of H-pyrrole nitrogens is 2. The van der Waals surface area contributed by atoms with Crippen molar-refractivity contribution < 1.29 is 9.00 Å². The number of benzene rings is 2. The van der Waals surface area contributed by atoms with Crippen molar-refractivity contribution >= 4 is 38.5 Å². The highest BCUT2D eigenvalue weighted by atomic mass is 32.2. The van der Waals surface area contributed by atoms with Crippen molar-refractivity contribution in [1.82, 2.24) is 30.5 Å². The second-order valence-electron chi connectivity index (χ2n) is 8.97. The number of carbonyl (C=O) groups is 1. The van der Waals surface area contributed by atoms with E-state index < -0.39 is 10.8 Å². The lowest BCUT2D eigenvalue weighted by Crippen LogP contribution is -2.27. The number of hydrogen-bond donors (Lipinski definition) is 3. The van der Waals surface area contributed by atoms with Crippen LogP contribution in [0.3, 0.4) is 0 Å². The number of aromatic amines is 2. The van der Waals surface area contributed by atoms with E-state index in [1.54, 1.807) is 6.20 Å². The minimum absolute atomic E-state index is 0.171. The molecule has 1 aliphatic heterocycles. The van der Waals surface area contributed by atoms with Crippen molar-refractivity contribution in [2.75, 3.05) is 5.75 Å². The van der Waals surface area contributed by atoms with Gasteiger partial charge in [-0.15, -0.1) is 0 Å². The summed E-state index contributed by atoms with van der Waals surface area (Å²) in [7, 11) is -0.924. The zero-order valence-electron chi connectivity index (χ0n) is 19.4. The Morgan fingerprint density at radius 2 is 1.94 bits per heavy atom. The van der Waals surface area contributed by atoms with E-state index in [1.807, 2.05) is 56.4 Å². The van der Waals surface area contributed by atoms with Crippen molar-refractivity contribution in [1.29, 1.82) is 0 Å². The molecule has 3 aromatic heterocycles. The minimum Gasteiger partial charge on any atom is -0.344 e. The smallest absolute Gasteiger partial charge is 0.251 e. The van der Waals surface area contributed by atoms with Crippen LogP contribution in [0, 0.1) is 6.92 Å². The third kappa shape index (κ3) is 3.81. The molecule has 2 unspecified atom stereocenters. The standard InChI is InChI=1S/C26H24N6O2S/c1-14-11-27-25(29-14)15(2)30-26(33)17-5-3-16(4-6-17)24-20-13-35(34)10-9-18(20)23-19-12-28-32-21(19)7-8-22(23)31-24/h3-8,11-12,15H,9-10,13H2,1-2H3,(H,27,29)(H,28,32)(H,30,33). The maximum Gasteiger partial charge on any atom is 0.251 e. The molecule has 176 valence electrons. The summed E-state index contributed by atoms with van der Waals surface area (Å²) in [6.45, 7) is 3.82. The number of aromatic nitrogens is 5. The average molecular weight is 485 g/mol. The fourth-order valence-electron chi connectivity index (χ4n) is 4.80. The summed E-state index contributed by atoms with van der Waals surface area (Å²) in [5.41, 5.74) is 7.32. The lowest BCUT2D eigenvalue weighted by molar-refractivity contribution is 0.0938. The molecule has 0 saturated carbocycles. The van der Waals surface area contributed by atoms with Crippen molar-refractivity contribution in [3.05, 3.63) is 77.0 Å². The largest absolute Gasteiger partial charge is 0.344 e. The Bertz CT molecular complexity index is 1620. The summed E-state index contributed by atoms with van der Waals surface area (Å²) in [4.78, 5) is 25.3. The number of hydrogen-bond acceptors (Lipinski definition) is 5. The van der Waals surface area contributed by atoms with Crippen LogP contribution in [0.4, 0.5) is 0 Å². The van der Waals surface area contributed by atoms with E-state index in [-0.39, 0.29) is 11.9 Å². The Morgan fingerprint density at radius 3 is 2.71 bits per heavy atom. The zero-order chi connectivity index (χ0) is 24.1. The van der Waals surface area contributed by atoms with Gasteiger partial charge in [0.25, 0.3) is 5.91 Å². The third-order valence-corrected chi connectivity index (χ3v) is 7.84. The van der Waals surface area contributed by atoms with Crippen molar-refractivity contribution in [2.24, 2.45) is 0 Å². The monoisotopic (exact) mass is 484 g/mol. The van der Waals surface area contributed by atoms with Gasteiger partial charge < -0.3 is 10.3 Å². The number of nitrogens with one attached hydrogen (secondary N) is 3. The van der Waals surface area contributed by atoms with Gasteiger partial charge in [0, 0.05) is 50.3 Å². The van der Waals surface area contributed by atoms with Gasteiger partial charge >= 0.3 is 0 Å². The maximum absolute atomic E-state index is 12.8. The number of nitrogens with zero attached hydrogens (tertiary/aromatic N) is 3. The Morgan fingerprint density at radius 1 is 1.11 bits per heavy atom. The molecular weight excluding hydrogens is 460 g/mol. The van der Waals surface area contributed by atoms with Crippen LogP contribution >= 0.6 is 0 Å². The molecule has 0 aliphatic carbocycles. The lowest BCUT2D eigenvalue weighted by atomic mass is 9.94. The first-order valence-corrected chi connectivity index (χ1v) is 13.0. The van der Waals surface area contributed by atoms with Crippen LogP contribution in [-0.4, -0.2) is 41.0 Å². The fraction of sp³-hybridized carbons (Fsp3) is 0.231. The molecule has 4 heterocycles. The fourth-order valence-corrected chi connectivity index (χ4v) is 6.01. The van der Waals surface area contributed by atoms with Crippen LogP contribution in [-0.2, 0) is 23.0 Å². The zero-order valence-corrected chi connectivity index (χ0v) is 20.2. The van der Waals surface area contributed by atoms with Gasteiger partial charge in [-0.1, -0.05) is 12.1 Å². The van der Waals surface area contributed by atoms with Gasteiger partial charge in [-0.2, -0.15) is 5.10 Å². The Hall–Kier alpha value is -3.85. The van der Waals surface area contributed by atoms with E-state index in [0.29, 0.717) is 17.1 Å². The van der Waals surface area contributed by atoms with E-state index in [9.17, 15) is 9.00 Å². The third-order valence-electron chi connectivity index (χ3n) is 6.57. The molecule has 0 radical (unpaired) electrons. The Labute approximate surface area is 204 Å². The Balaban J connectivity index is 1.37. The van der Waals surface area contributed by atoms with Crippen LogP contribution in [0.15, 0.2) is 48.8 Å². The molecule has 3 N–H and O–H groups in total. The number of imidazole rings is 1. The molecule has 8 nitrogen and oxygen atoms in total. The highest BCUT2D eigenvalue weighted by Gasteiger charge is 2.24. The molecule has 2 atom stereocenters. The predicted octanol–water partition coefficient (Wildman–Crippen LogP) is 4.11. The molecule has 6 rings (SSSR count). The highest BCUT2D eigenvalue weighted by molar-refractivity contribution is 7.84. The number of amides is 1. The van der Waals surface area contributed by atoms with Crippen LogP contribution in [0.5, 0.6) is 0 Å². The number of pyridine rings is 1. The molecule has 0 bridgehead atoms. The summed E-state index contributed by atoms with van der Waals surface area (Å²) in [6, 6.07) is 11.2. The molecule has 5 aromatic rings. The van der Waals surface area contributed by atoms with Gasteiger partial charge in [0.1, 0.15) is 5.82 Å². The van der Waals surface area contributed by atoms with Gasteiger partial charge in [0.2, 0.25) is 0 Å². The first-order chi connectivity index (χ1) is 17.0. The van der Waals surface area contributed by atoms with Crippen molar-refractivity contribution in [3.8, 4) is 11.3 Å². The van der Waals surface area contributed by atoms with Crippen LogP contribution in [0.1, 0.15) is 46.0 Å². The normalized spacial score (nSPS) is 16.3. The molecule has 9 heteroatoms. The van der Waals surface area contributed by atoms with Crippen LogP contribution in [0.2, 0.25) is 0 Å². The predicted molar refractivity (Wildman–Crippen MR) is 136 cm³/mol. The molecule has 0 saturated heterocycles. The number of rotatable bonds is 4. The summed E-state index contributed by atoms with van der Waals surface area (Å²) in [6.07, 6.45) is 4.32. The first kappa shape index (κ1) is 21.7. The van der Waals surface area contributed by atoms with Crippen LogP contribution in [0.25, 0.3) is 33.1 Å². The second-order valence-corrected chi connectivity index (χ2v) is 10.5. The van der Waals surface area contributed by atoms with Gasteiger partial charge in [-0.3, -0.25) is 14.1 Å². The van der Waals surface area contributed by atoms with E-state index in [0.717, 1.165) is 56.6 Å². The summed E-state index contributed by atoms with van der Waals surface area (Å²) < 4.78 is 12.5. The average Bonchev–Trinajstić information content (AvgIpc) is 3.52. The molecule has 0 spiro atoms. The topological polar surface area (TPSA) is 116 Å². The van der Waals surface area contributed by atoms with E-state index in [2.05, 4.69) is 25.5 Å². The van der Waals surface area contributed by atoms with Gasteiger partial charge in [0.15, 0.2) is 0 Å². The second kappa shape index (κ2) is 8.42. The number of aryl methyl sites for hydroxylation is 2. The maximum atomic E-state index is 12.8.